The van der Waals surface area contributed by atoms with Crippen LogP contribution < -0.4 is 11.1 Å². The summed E-state index contributed by atoms with van der Waals surface area (Å²) in [6.45, 7) is 9.76. The monoisotopic (exact) mass is 157 g/mol. The molecule has 0 saturated carbocycles. The van der Waals surface area contributed by atoms with Crippen LogP contribution in [0.3, 0.4) is 0 Å². The molecule has 1 heterocycles. The average Bonchev–Trinajstić information content (AvgIpc) is 1.86. The summed E-state index contributed by atoms with van der Waals surface area (Å²) in [6, 6.07) is 0. The Morgan fingerprint density at radius 2 is 2.09 bits per heavy atom. The lowest BCUT2D eigenvalue weighted by atomic mass is 10.0. The van der Waals surface area contributed by atoms with Crippen molar-refractivity contribution < 1.29 is 0 Å². The van der Waals surface area contributed by atoms with Gasteiger partial charge in [0.1, 0.15) is 0 Å². The Labute approximate surface area is 68.9 Å². The first-order valence-electron chi connectivity index (χ1n) is 4.24. The minimum atomic E-state index is 0.156. The van der Waals surface area contributed by atoms with Gasteiger partial charge in [0.2, 0.25) is 0 Å². The number of hydrogen-bond acceptors (Lipinski definition) is 3. The zero-order valence-electron chi connectivity index (χ0n) is 7.72. The van der Waals surface area contributed by atoms with Gasteiger partial charge in [-0.3, -0.25) is 10.2 Å². The van der Waals surface area contributed by atoms with Crippen molar-refractivity contribution in [2.24, 2.45) is 5.73 Å². The molecule has 0 aliphatic carbocycles. The van der Waals surface area contributed by atoms with Crippen LogP contribution in [0, 0.1) is 0 Å². The van der Waals surface area contributed by atoms with Gasteiger partial charge in [0.25, 0.3) is 0 Å². The minimum Gasteiger partial charge on any atom is -0.315 e. The molecule has 0 aromatic rings. The smallest absolute Gasteiger partial charge is 0.0678 e. The van der Waals surface area contributed by atoms with Gasteiger partial charge in [0.15, 0.2) is 0 Å². The zero-order valence-corrected chi connectivity index (χ0v) is 7.72. The molecule has 66 valence electrons. The molecular weight excluding hydrogens is 138 g/mol. The number of nitrogens with one attached hydrogen (secondary N) is 1. The number of nitrogens with two attached hydrogens (primary N) is 1. The summed E-state index contributed by atoms with van der Waals surface area (Å²) in [5.74, 6) is 0. The lowest BCUT2D eigenvalue weighted by Gasteiger charge is -2.40. The van der Waals surface area contributed by atoms with Gasteiger partial charge in [-0.05, 0) is 20.8 Å². The second-order valence-corrected chi connectivity index (χ2v) is 4.18. The normalized spacial score (nSPS) is 28.9. The van der Waals surface area contributed by atoms with Crippen LogP contribution in [0.15, 0.2) is 0 Å². The molecule has 0 aromatic heterocycles. The topological polar surface area (TPSA) is 41.3 Å². The van der Waals surface area contributed by atoms with Crippen LogP contribution in [0.25, 0.3) is 0 Å². The molecule has 3 N–H and O–H groups in total. The summed E-state index contributed by atoms with van der Waals surface area (Å²) < 4.78 is 0. The lowest BCUT2D eigenvalue weighted by Crippen LogP contribution is -2.59. The Kier molecular flexibility index (Phi) is 2.52. The highest BCUT2D eigenvalue weighted by molar-refractivity contribution is 4.83. The molecule has 3 nitrogen and oxygen atoms in total. The van der Waals surface area contributed by atoms with Crippen LogP contribution in [0.5, 0.6) is 0 Å². The van der Waals surface area contributed by atoms with Crippen molar-refractivity contribution in [1.82, 2.24) is 10.2 Å². The maximum atomic E-state index is 5.77. The highest BCUT2D eigenvalue weighted by Crippen LogP contribution is 2.13. The Balaban J connectivity index is 2.46. The van der Waals surface area contributed by atoms with Gasteiger partial charge in [-0.25, -0.2) is 0 Å². The molecule has 3 heteroatoms. The van der Waals surface area contributed by atoms with Crippen molar-refractivity contribution in [2.45, 2.75) is 32.5 Å². The highest BCUT2D eigenvalue weighted by Gasteiger charge is 2.25. The van der Waals surface area contributed by atoms with Crippen molar-refractivity contribution in [1.29, 1.82) is 0 Å². The van der Waals surface area contributed by atoms with Crippen LogP contribution in [-0.2, 0) is 0 Å². The van der Waals surface area contributed by atoms with E-state index in [1.807, 2.05) is 0 Å². The van der Waals surface area contributed by atoms with Crippen LogP contribution in [-0.4, -0.2) is 36.2 Å². The molecule has 0 radical (unpaired) electrons. The van der Waals surface area contributed by atoms with Crippen molar-refractivity contribution in [3.8, 4) is 0 Å². The average molecular weight is 157 g/mol. The first-order valence-corrected chi connectivity index (χ1v) is 4.24. The van der Waals surface area contributed by atoms with Gasteiger partial charge in [-0.1, -0.05) is 0 Å². The second-order valence-electron chi connectivity index (χ2n) is 4.18. The summed E-state index contributed by atoms with van der Waals surface area (Å²) in [5.41, 5.74) is 6.03. The van der Waals surface area contributed by atoms with E-state index in [0.717, 1.165) is 19.6 Å². The van der Waals surface area contributed by atoms with Crippen LogP contribution in [0.1, 0.15) is 20.8 Å². The molecule has 1 aliphatic heterocycles. The Bertz CT molecular complexity index is 128. The van der Waals surface area contributed by atoms with Gasteiger partial charge in [-0.15, -0.1) is 0 Å². The molecule has 0 amide bonds. The molecule has 1 atom stereocenters. The third-order valence-electron chi connectivity index (χ3n) is 2.15. The van der Waals surface area contributed by atoms with E-state index in [9.17, 15) is 0 Å². The predicted molar refractivity (Wildman–Crippen MR) is 47.3 cm³/mol. The van der Waals surface area contributed by atoms with E-state index in [1.165, 1.54) is 0 Å². The Morgan fingerprint density at radius 3 is 2.45 bits per heavy atom. The van der Waals surface area contributed by atoms with Crippen LogP contribution in [0.4, 0.5) is 0 Å². The van der Waals surface area contributed by atoms with E-state index in [1.54, 1.807) is 0 Å². The first kappa shape index (κ1) is 8.97. The number of rotatable bonds is 0. The van der Waals surface area contributed by atoms with Crippen LogP contribution in [0.2, 0.25) is 0 Å². The van der Waals surface area contributed by atoms with E-state index < -0.39 is 0 Å². The van der Waals surface area contributed by atoms with Gasteiger partial charge in [-0.2, -0.15) is 0 Å². The maximum Gasteiger partial charge on any atom is 0.0678 e. The second kappa shape index (κ2) is 3.09. The SMILES string of the molecule is CC(C)(C)N1CCN[C@@H](N)C1. The summed E-state index contributed by atoms with van der Waals surface area (Å²) in [6.07, 6.45) is 0.156. The van der Waals surface area contributed by atoms with E-state index in [-0.39, 0.29) is 11.7 Å². The molecule has 11 heavy (non-hydrogen) atoms. The largest absolute Gasteiger partial charge is 0.315 e. The highest BCUT2D eigenvalue weighted by atomic mass is 15.3. The van der Waals surface area contributed by atoms with Crippen LogP contribution >= 0.6 is 0 Å². The summed E-state index contributed by atoms with van der Waals surface area (Å²) in [4.78, 5) is 2.41. The zero-order chi connectivity index (χ0) is 8.48. The van der Waals surface area contributed by atoms with Gasteiger partial charge in [0.05, 0.1) is 6.17 Å². The van der Waals surface area contributed by atoms with Crippen molar-refractivity contribution >= 4 is 0 Å². The first-order chi connectivity index (χ1) is 5.00. The third kappa shape index (κ3) is 2.43. The fourth-order valence-electron chi connectivity index (χ4n) is 1.39. The van der Waals surface area contributed by atoms with Gasteiger partial charge < -0.3 is 5.73 Å². The van der Waals surface area contributed by atoms with Crippen molar-refractivity contribution in [3.63, 3.8) is 0 Å². The standard InChI is InChI=1S/C8H19N3/c1-8(2,3)11-5-4-10-7(9)6-11/h7,10H,4-6,9H2,1-3H3/t7-/m1/s1. The number of nitrogens with zero attached hydrogens (tertiary/aromatic N) is 1. The third-order valence-corrected chi connectivity index (χ3v) is 2.15. The molecule has 1 rings (SSSR count). The van der Waals surface area contributed by atoms with Gasteiger partial charge in [0, 0.05) is 25.2 Å². The summed E-state index contributed by atoms with van der Waals surface area (Å²) in [5, 5.41) is 3.22. The summed E-state index contributed by atoms with van der Waals surface area (Å²) >= 11 is 0. The lowest BCUT2D eigenvalue weighted by molar-refractivity contribution is 0.0972. The van der Waals surface area contributed by atoms with E-state index >= 15 is 0 Å². The van der Waals surface area contributed by atoms with Crippen molar-refractivity contribution in [3.05, 3.63) is 0 Å². The molecule has 0 bridgehead atoms. The predicted octanol–water partition coefficient (Wildman–Crippen LogP) is -0.0251. The molecule has 1 fully saturated rings. The fourth-order valence-corrected chi connectivity index (χ4v) is 1.39. The van der Waals surface area contributed by atoms with E-state index in [0.29, 0.717) is 0 Å². The Morgan fingerprint density at radius 1 is 1.45 bits per heavy atom. The minimum absolute atomic E-state index is 0.156. The Hall–Kier alpha value is -0.120. The molecular formula is C8H19N3. The summed E-state index contributed by atoms with van der Waals surface area (Å²) in [7, 11) is 0. The van der Waals surface area contributed by atoms with Crippen molar-refractivity contribution in [2.75, 3.05) is 19.6 Å². The molecule has 0 unspecified atom stereocenters. The number of piperazine rings is 1. The quantitative estimate of drug-likeness (QED) is 0.519. The molecule has 0 aromatic carbocycles. The molecule has 1 saturated heterocycles. The molecule has 0 spiro atoms. The maximum absolute atomic E-state index is 5.77. The van der Waals surface area contributed by atoms with E-state index in [2.05, 4.69) is 31.0 Å². The number of hydrogen-bond donors (Lipinski definition) is 2. The van der Waals surface area contributed by atoms with E-state index in [4.69, 9.17) is 5.73 Å². The fraction of sp³-hybridized carbons (Fsp3) is 1.00. The van der Waals surface area contributed by atoms with Gasteiger partial charge >= 0.3 is 0 Å². The molecule has 1 aliphatic rings.